The number of benzene rings is 2. The molecule has 0 aliphatic rings. The van der Waals surface area contributed by atoms with Gasteiger partial charge in [-0.1, -0.05) is 23.7 Å². The van der Waals surface area contributed by atoms with Crippen molar-refractivity contribution in [2.75, 3.05) is 7.11 Å². The molecule has 2 aromatic carbocycles. The lowest BCUT2D eigenvalue weighted by Crippen LogP contribution is -2.04. The summed E-state index contributed by atoms with van der Waals surface area (Å²) in [6.45, 7) is 1.86. The van der Waals surface area contributed by atoms with Crippen LogP contribution in [0.5, 0.6) is 5.75 Å². The Kier molecular flexibility index (Phi) is 4.68. The minimum atomic E-state index is -1.08. The maximum absolute atomic E-state index is 14.1. The zero-order valence-corrected chi connectivity index (χ0v) is 13.3. The first-order chi connectivity index (χ1) is 9.45. The minimum Gasteiger partial charge on any atom is -0.496 e. The molecule has 0 aliphatic carbocycles. The molecule has 0 amide bonds. The van der Waals surface area contributed by atoms with Gasteiger partial charge in [0.05, 0.1) is 12.1 Å². The summed E-state index contributed by atoms with van der Waals surface area (Å²) in [6.07, 6.45) is -1.08. The van der Waals surface area contributed by atoms with Crippen LogP contribution in [0.25, 0.3) is 0 Å². The third kappa shape index (κ3) is 2.82. The van der Waals surface area contributed by atoms with Crippen LogP contribution in [0.2, 0.25) is 5.02 Å². The standard InChI is InChI=1S/C15H13BrClFO2/c1-8-7-9(3-6-12(8)20-2)15(19)10-4-5-11(16)13(17)14(10)18/h3-7,15,19H,1-2H3. The van der Waals surface area contributed by atoms with E-state index in [-0.39, 0.29) is 10.6 Å². The fourth-order valence-corrected chi connectivity index (χ4v) is 2.48. The van der Waals surface area contributed by atoms with Crippen molar-refractivity contribution < 1.29 is 14.2 Å². The summed E-state index contributed by atoms with van der Waals surface area (Å²) >= 11 is 8.99. The molecule has 0 aromatic heterocycles. The van der Waals surface area contributed by atoms with Gasteiger partial charge in [-0.2, -0.15) is 0 Å². The highest BCUT2D eigenvalue weighted by Crippen LogP contribution is 2.33. The number of halogens is 3. The third-order valence-electron chi connectivity index (χ3n) is 3.09. The lowest BCUT2D eigenvalue weighted by atomic mass is 9.99. The summed E-state index contributed by atoms with van der Waals surface area (Å²) in [6, 6.07) is 8.33. The van der Waals surface area contributed by atoms with Crippen LogP contribution in [0.1, 0.15) is 22.8 Å². The number of aryl methyl sites for hydroxylation is 1. The van der Waals surface area contributed by atoms with E-state index in [1.807, 2.05) is 6.92 Å². The van der Waals surface area contributed by atoms with Crippen molar-refractivity contribution in [1.82, 2.24) is 0 Å². The maximum atomic E-state index is 14.1. The summed E-state index contributed by atoms with van der Waals surface area (Å²) < 4.78 is 19.7. The Morgan fingerprint density at radius 2 is 2.00 bits per heavy atom. The molecule has 106 valence electrons. The second-order valence-corrected chi connectivity index (χ2v) is 5.63. The van der Waals surface area contributed by atoms with Crippen LogP contribution < -0.4 is 4.74 Å². The van der Waals surface area contributed by atoms with E-state index in [0.717, 1.165) is 11.3 Å². The van der Waals surface area contributed by atoms with E-state index in [1.54, 1.807) is 31.4 Å². The second kappa shape index (κ2) is 6.12. The number of hydrogen-bond donors (Lipinski definition) is 1. The molecule has 0 bridgehead atoms. The molecule has 2 rings (SSSR count). The molecule has 5 heteroatoms. The van der Waals surface area contributed by atoms with Crippen molar-refractivity contribution in [2.45, 2.75) is 13.0 Å². The molecule has 0 spiro atoms. The van der Waals surface area contributed by atoms with Crippen LogP contribution in [0.15, 0.2) is 34.8 Å². The SMILES string of the molecule is COc1ccc(C(O)c2ccc(Br)c(Cl)c2F)cc1C. The number of ether oxygens (including phenoxy) is 1. The largest absolute Gasteiger partial charge is 0.496 e. The highest BCUT2D eigenvalue weighted by molar-refractivity contribution is 9.10. The highest BCUT2D eigenvalue weighted by Gasteiger charge is 2.19. The first kappa shape index (κ1) is 15.3. The lowest BCUT2D eigenvalue weighted by molar-refractivity contribution is 0.214. The van der Waals surface area contributed by atoms with Crippen LogP contribution in [0.3, 0.4) is 0 Å². The predicted molar refractivity (Wildman–Crippen MR) is 80.9 cm³/mol. The zero-order valence-electron chi connectivity index (χ0n) is 11.0. The maximum Gasteiger partial charge on any atom is 0.149 e. The van der Waals surface area contributed by atoms with E-state index in [1.165, 1.54) is 6.07 Å². The van der Waals surface area contributed by atoms with Gasteiger partial charge in [-0.15, -0.1) is 0 Å². The van der Waals surface area contributed by atoms with Crippen LogP contribution >= 0.6 is 27.5 Å². The molecular weight excluding hydrogens is 347 g/mol. The third-order valence-corrected chi connectivity index (χ3v) is 4.35. The van der Waals surface area contributed by atoms with Crippen LogP contribution in [0.4, 0.5) is 4.39 Å². The van der Waals surface area contributed by atoms with Gasteiger partial charge in [0.1, 0.15) is 17.7 Å². The molecule has 2 aromatic rings. The Hall–Kier alpha value is -1.10. The van der Waals surface area contributed by atoms with Crippen LogP contribution in [0, 0.1) is 12.7 Å². The van der Waals surface area contributed by atoms with E-state index in [0.29, 0.717) is 10.0 Å². The fraction of sp³-hybridized carbons (Fsp3) is 0.200. The lowest BCUT2D eigenvalue weighted by Gasteiger charge is -2.15. The molecule has 0 aliphatic heterocycles. The van der Waals surface area contributed by atoms with E-state index in [9.17, 15) is 9.50 Å². The Morgan fingerprint density at radius 1 is 1.30 bits per heavy atom. The number of aliphatic hydroxyl groups excluding tert-OH is 1. The predicted octanol–water partition coefficient (Wildman–Crippen LogP) is 4.64. The molecule has 1 unspecified atom stereocenters. The summed E-state index contributed by atoms with van der Waals surface area (Å²) in [5.74, 6) is 0.0947. The Morgan fingerprint density at radius 3 is 2.60 bits per heavy atom. The van der Waals surface area contributed by atoms with Gasteiger partial charge in [-0.05, 0) is 52.2 Å². The summed E-state index contributed by atoms with van der Waals surface area (Å²) in [5.41, 5.74) is 1.59. The van der Waals surface area contributed by atoms with Crippen LogP contribution in [-0.4, -0.2) is 12.2 Å². The van der Waals surface area contributed by atoms with E-state index in [4.69, 9.17) is 16.3 Å². The average Bonchev–Trinajstić information content (AvgIpc) is 2.44. The normalized spacial score (nSPS) is 12.3. The van der Waals surface area contributed by atoms with Crippen molar-refractivity contribution >= 4 is 27.5 Å². The number of methoxy groups -OCH3 is 1. The summed E-state index contributed by atoms with van der Waals surface area (Å²) in [7, 11) is 1.58. The summed E-state index contributed by atoms with van der Waals surface area (Å²) in [5, 5.41) is 10.3. The van der Waals surface area contributed by atoms with Gasteiger partial charge in [0.25, 0.3) is 0 Å². The molecule has 0 fully saturated rings. The molecule has 1 N–H and O–H groups in total. The molecular formula is C15H13BrClFO2. The first-order valence-electron chi connectivity index (χ1n) is 5.91. The van der Waals surface area contributed by atoms with Gasteiger partial charge in [-0.25, -0.2) is 4.39 Å². The van der Waals surface area contributed by atoms with Crippen LogP contribution in [-0.2, 0) is 0 Å². The average molecular weight is 360 g/mol. The topological polar surface area (TPSA) is 29.5 Å². The number of rotatable bonds is 3. The van der Waals surface area contributed by atoms with Gasteiger partial charge in [0.15, 0.2) is 0 Å². The van der Waals surface area contributed by atoms with Crippen molar-refractivity contribution in [3.63, 3.8) is 0 Å². The summed E-state index contributed by atoms with van der Waals surface area (Å²) in [4.78, 5) is 0. The van der Waals surface area contributed by atoms with Gasteiger partial charge < -0.3 is 9.84 Å². The highest BCUT2D eigenvalue weighted by atomic mass is 79.9. The van der Waals surface area contributed by atoms with Gasteiger partial charge >= 0.3 is 0 Å². The van der Waals surface area contributed by atoms with Gasteiger partial charge in [0, 0.05) is 10.0 Å². The smallest absolute Gasteiger partial charge is 0.149 e. The number of hydrogen-bond acceptors (Lipinski definition) is 2. The van der Waals surface area contributed by atoms with E-state index >= 15 is 0 Å². The fourth-order valence-electron chi connectivity index (χ4n) is 2.00. The molecule has 0 saturated heterocycles. The molecule has 0 radical (unpaired) electrons. The van der Waals surface area contributed by atoms with E-state index < -0.39 is 11.9 Å². The van der Waals surface area contributed by atoms with Gasteiger partial charge in [0.2, 0.25) is 0 Å². The second-order valence-electron chi connectivity index (χ2n) is 4.40. The van der Waals surface area contributed by atoms with Crippen molar-refractivity contribution in [3.8, 4) is 5.75 Å². The Balaban J connectivity index is 2.44. The molecule has 20 heavy (non-hydrogen) atoms. The minimum absolute atomic E-state index is 0.0354. The first-order valence-corrected chi connectivity index (χ1v) is 7.08. The van der Waals surface area contributed by atoms with Crippen molar-refractivity contribution in [1.29, 1.82) is 0 Å². The molecule has 0 saturated carbocycles. The quantitative estimate of drug-likeness (QED) is 0.809. The Bertz CT molecular complexity index is 646. The molecule has 1 atom stereocenters. The van der Waals surface area contributed by atoms with Crippen molar-refractivity contribution in [3.05, 3.63) is 62.3 Å². The van der Waals surface area contributed by atoms with E-state index in [2.05, 4.69) is 15.9 Å². The van der Waals surface area contributed by atoms with Crippen molar-refractivity contribution in [2.24, 2.45) is 0 Å². The molecule has 2 nitrogen and oxygen atoms in total. The monoisotopic (exact) mass is 358 g/mol. The number of aliphatic hydroxyl groups is 1. The molecule has 0 heterocycles. The van der Waals surface area contributed by atoms with Gasteiger partial charge in [-0.3, -0.25) is 0 Å². The Labute approximate surface area is 130 Å². The zero-order chi connectivity index (χ0) is 14.9.